The van der Waals surface area contributed by atoms with Gasteiger partial charge in [-0.15, -0.1) is 0 Å². The zero-order chi connectivity index (χ0) is 11.1. The summed E-state index contributed by atoms with van der Waals surface area (Å²) in [5.41, 5.74) is 3.39. The van der Waals surface area contributed by atoms with E-state index in [1.54, 1.807) is 10.9 Å². The van der Waals surface area contributed by atoms with Gasteiger partial charge in [0.2, 0.25) is 0 Å². The van der Waals surface area contributed by atoms with Gasteiger partial charge in [-0.2, -0.15) is 5.10 Å². The minimum atomic E-state index is 1.06. The van der Waals surface area contributed by atoms with Crippen molar-refractivity contribution in [3.63, 3.8) is 0 Å². The SMILES string of the molecule is C=Cn1nc(C)c(C)c1/C=C\C.CC. The van der Waals surface area contributed by atoms with Crippen LogP contribution in [0.5, 0.6) is 0 Å². The molecule has 0 saturated carbocycles. The van der Waals surface area contributed by atoms with Gasteiger partial charge in [-0.3, -0.25) is 0 Å². The van der Waals surface area contributed by atoms with E-state index in [0.29, 0.717) is 0 Å². The van der Waals surface area contributed by atoms with E-state index in [2.05, 4.69) is 18.6 Å². The van der Waals surface area contributed by atoms with E-state index in [4.69, 9.17) is 0 Å². The molecule has 0 spiro atoms. The number of hydrogen-bond acceptors (Lipinski definition) is 1. The molecule has 2 nitrogen and oxygen atoms in total. The molecule has 0 radical (unpaired) electrons. The molecule has 0 N–H and O–H groups in total. The molecule has 0 unspecified atom stereocenters. The maximum atomic E-state index is 4.29. The molecule has 0 aliphatic carbocycles. The fraction of sp³-hybridized carbons (Fsp3) is 0.417. The van der Waals surface area contributed by atoms with Crippen molar-refractivity contribution in [2.75, 3.05) is 0 Å². The summed E-state index contributed by atoms with van der Waals surface area (Å²) < 4.78 is 1.80. The molecule has 0 aliphatic heterocycles. The summed E-state index contributed by atoms with van der Waals surface area (Å²) in [6.07, 6.45) is 5.76. The number of aromatic nitrogens is 2. The van der Waals surface area contributed by atoms with Crippen molar-refractivity contribution in [3.05, 3.63) is 29.6 Å². The molecule has 0 amide bonds. The van der Waals surface area contributed by atoms with Crippen LogP contribution in [0.1, 0.15) is 37.7 Å². The molecule has 0 aromatic carbocycles. The normalized spacial score (nSPS) is 9.79. The predicted molar refractivity (Wildman–Crippen MR) is 64.1 cm³/mol. The molecule has 0 atom stereocenters. The number of aryl methyl sites for hydroxylation is 1. The Bertz CT molecular complexity index is 319. The van der Waals surface area contributed by atoms with Crippen LogP contribution in [-0.4, -0.2) is 9.78 Å². The van der Waals surface area contributed by atoms with Crippen molar-refractivity contribution in [3.8, 4) is 0 Å². The Labute approximate surface area is 86.9 Å². The lowest BCUT2D eigenvalue weighted by Gasteiger charge is -1.95. The van der Waals surface area contributed by atoms with Crippen LogP contribution in [0.25, 0.3) is 12.3 Å². The lowest BCUT2D eigenvalue weighted by molar-refractivity contribution is 0.905. The van der Waals surface area contributed by atoms with E-state index in [9.17, 15) is 0 Å². The molecule has 0 aliphatic rings. The quantitative estimate of drug-likeness (QED) is 0.699. The van der Waals surface area contributed by atoms with E-state index >= 15 is 0 Å². The van der Waals surface area contributed by atoms with Crippen LogP contribution in [0, 0.1) is 13.8 Å². The second-order valence-corrected chi connectivity index (χ2v) is 2.72. The van der Waals surface area contributed by atoms with Gasteiger partial charge in [0.05, 0.1) is 11.4 Å². The summed E-state index contributed by atoms with van der Waals surface area (Å²) in [6, 6.07) is 0. The molecule has 78 valence electrons. The fourth-order valence-electron chi connectivity index (χ4n) is 1.15. The Morgan fingerprint density at radius 2 is 1.86 bits per heavy atom. The van der Waals surface area contributed by atoms with Crippen LogP contribution in [0.4, 0.5) is 0 Å². The highest BCUT2D eigenvalue weighted by Gasteiger charge is 2.05. The molecular weight excluding hydrogens is 172 g/mol. The summed E-state index contributed by atoms with van der Waals surface area (Å²) >= 11 is 0. The molecule has 1 aromatic heterocycles. The second-order valence-electron chi connectivity index (χ2n) is 2.72. The first-order valence-electron chi connectivity index (χ1n) is 5.01. The Morgan fingerprint density at radius 1 is 1.29 bits per heavy atom. The molecule has 0 fully saturated rings. The summed E-state index contributed by atoms with van der Waals surface area (Å²) in [5.74, 6) is 0. The molecular formula is C12H20N2. The van der Waals surface area contributed by atoms with Crippen molar-refractivity contribution < 1.29 is 0 Å². The van der Waals surface area contributed by atoms with Gasteiger partial charge in [0.25, 0.3) is 0 Å². The van der Waals surface area contributed by atoms with Crippen molar-refractivity contribution >= 4 is 12.3 Å². The molecule has 14 heavy (non-hydrogen) atoms. The molecule has 1 heterocycles. The van der Waals surface area contributed by atoms with Crippen LogP contribution >= 0.6 is 0 Å². The molecule has 1 aromatic rings. The third-order valence-corrected chi connectivity index (χ3v) is 1.93. The highest BCUT2D eigenvalue weighted by Crippen LogP contribution is 2.13. The average Bonchev–Trinajstić information content (AvgIpc) is 2.49. The molecule has 1 rings (SSSR count). The number of rotatable bonds is 2. The topological polar surface area (TPSA) is 17.8 Å². The Hall–Kier alpha value is -1.31. The molecule has 0 bridgehead atoms. The average molecular weight is 192 g/mol. The van der Waals surface area contributed by atoms with Gasteiger partial charge in [-0.05, 0) is 32.4 Å². The first kappa shape index (κ1) is 12.7. The lowest BCUT2D eigenvalue weighted by Crippen LogP contribution is -1.90. The van der Waals surface area contributed by atoms with Gasteiger partial charge in [0.15, 0.2) is 0 Å². The van der Waals surface area contributed by atoms with E-state index in [1.165, 1.54) is 5.56 Å². The van der Waals surface area contributed by atoms with E-state index < -0.39 is 0 Å². The predicted octanol–water partition coefficient (Wildman–Crippen LogP) is 3.66. The smallest absolute Gasteiger partial charge is 0.0689 e. The summed E-state index contributed by atoms with van der Waals surface area (Å²) in [6.45, 7) is 13.8. The van der Waals surface area contributed by atoms with Crippen molar-refractivity contribution in [2.24, 2.45) is 0 Å². The van der Waals surface area contributed by atoms with Gasteiger partial charge in [0, 0.05) is 6.20 Å². The monoisotopic (exact) mass is 192 g/mol. The largest absolute Gasteiger partial charge is 0.241 e. The van der Waals surface area contributed by atoms with Crippen LogP contribution in [0.2, 0.25) is 0 Å². The highest BCUT2D eigenvalue weighted by molar-refractivity contribution is 5.53. The van der Waals surface area contributed by atoms with E-state index in [1.807, 2.05) is 39.8 Å². The Kier molecular flexibility index (Phi) is 5.61. The number of hydrogen-bond donors (Lipinski definition) is 0. The molecule has 2 heteroatoms. The zero-order valence-corrected chi connectivity index (χ0v) is 9.83. The van der Waals surface area contributed by atoms with Gasteiger partial charge < -0.3 is 0 Å². The fourth-order valence-corrected chi connectivity index (χ4v) is 1.15. The van der Waals surface area contributed by atoms with Crippen LogP contribution in [-0.2, 0) is 0 Å². The van der Waals surface area contributed by atoms with Crippen LogP contribution < -0.4 is 0 Å². The zero-order valence-electron chi connectivity index (χ0n) is 9.83. The summed E-state index contributed by atoms with van der Waals surface area (Å²) in [4.78, 5) is 0. The standard InChI is InChI=1S/C10H14N2.C2H6/c1-5-7-10-8(3)9(4)11-12(10)6-2;1-2/h5-7H,2H2,1,3-4H3;1-2H3/b7-5-;. The van der Waals surface area contributed by atoms with Gasteiger partial charge >= 0.3 is 0 Å². The third-order valence-electron chi connectivity index (χ3n) is 1.93. The first-order valence-corrected chi connectivity index (χ1v) is 5.01. The van der Waals surface area contributed by atoms with Gasteiger partial charge in [-0.1, -0.05) is 26.5 Å². The number of allylic oxidation sites excluding steroid dienone is 1. The third kappa shape index (κ3) is 2.59. The number of nitrogens with zero attached hydrogens (tertiary/aromatic N) is 2. The van der Waals surface area contributed by atoms with E-state index in [0.717, 1.165) is 11.4 Å². The van der Waals surface area contributed by atoms with Crippen molar-refractivity contribution in [1.82, 2.24) is 9.78 Å². The second kappa shape index (κ2) is 6.19. The minimum absolute atomic E-state index is 1.06. The first-order chi connectivity index (χ1) is 6.70. The van der Waals surface area contributed by atoms with Gasteiger partial charge in [0.1, 0.15) is 0 Å². The Morgan fingerprint density at radius 3 is 2.29 bits per heavy atom. The van der Waals surface area contributed by atoms with E-state index in [-0.39, 0.29) is 0 Å². The van der Waals surface area contributed by atoms with Gasteiger partial charge in [-0.25, -0.2) is 4.68 Å². The van der Waals surface area contributed by atoms with Crippen molar-refractivity contribution in [2.45, 2.75) is 34.6 Å². The maximum Gasteiger partial charge on any atom is 0.0689 e. The molecule has 0 saturated heterocycles. The highest BCUT2D eigenvalue weighted by atomic mass is 15.3. The Balaban J connectivity index is 0.000000791. The van der Waals surface area contributed by atoms with Crippen LogP contribution in [0.3, 0.4) is 0 Å². The minimum Gasteiger partial charge on any atom is -0.241 e. The maximum absolute atomic E-state index is 4.29. The summed E-state index contributed by atoms with van der Waals surface area (Å²) in [7, 11) is 0. The summed E-state index contributed by atoms with van der Waals surface area (Å²) in [5, 5.41) is 4.29. The van der Waals surface area contributed by atoms with Crippen molar-refractivity contribution in [1.29, 1.82) is 0 Å². The lowest BCUT2D eigenvalue weighted by atomic mass is 10.2. The van der Waals surface area contributed by atoms with Crippen LogP contribution in [0.15, 0.2) is 12.7 Å².